The van der Waals surface area contributed by atoms with Gasteiger partial charge in [-0.3, -0.25) is 4.79 Å². The van der Waals surface area contributed by atoms with Crippen LogP contribution in [0.5, 0.6) is 0 Å². The number of rotatable bonds is 1. The molecule has 0 saturated carbocycles. The summed E-state index contributed by atoms with van der Waals surface area (Å²) < 4.78 is 0. The molecule has 0 atom stereocenters. The third-order valence-corrected chi connectivity index (χ3v) is 4.17. The van der Waals surface area contributed by atoms with Gasteiger partial charge >= 0.3 is 0 Å². The molecule has 1 N–H and O–H groups in total. The first-order chi connectivity index (χ1) is 9.27. The van der Waals surface area contributed by atoms with Crippen molar-refractivity contribution in [1.82, 2.24) is 4.98 Å². The molecule has 0 saturated heterocycles. The Morgan fingerprint density at radius 1 is 1.42 bits per heavy atom. The average molecular weight is 273 g/mol. The Kier molecular flexibility index (Phi) is 3.21. The summed E-state index contributed by atoms with van der Waals surface area (Å²) in [5, 5.41) is 3.36. The number of aryl methyl sites for hydroxylation is 1. The highest BCUT2D eigenvalue weighted by Gasteiger charge is 2.24. The van der Waals surface area contributed by atoms with Crippen LogP contribution >= 0.6 is 11.3 Å². The van der Waals surface area contributed by atoms with Gasteiger partial charge in [-0.05, 0) is 25.5 Å². The van der Waals surface area contributed by atoms with Crippen LogP contribution in [0.15, 0.2) is 29.8 Å². The van der Waals surface area contributed by atoms with Crippen molar-refractivity contribution in [2.24, 2.45) is 0 Å². The third kappa shape index (κ3) is 2.21. The van der Waals surface area contributed by atoms with Crippen LogP contribution < -0.4 is 10.2 Å². The number of thiazole rings is 1. The predicted molar refractivity (Wildman–Crippen MR) is 78.1 cm³/mol. The predicted octanol–water partition coefficient (Wildman–Crippen LogP) is 2.91. The van der Waals surface area contributed by atoms with Crippen molar-refractivity contribution in [3.8, 4) is 0 Å². The Hall–Kier alpha value is -1.88. The first-order valence-electron chi connectivity index (χ1n) is 6.32. The normalized spacial score (nSPS) is 14.5. The first-order valence-corrected chi connectivity index (χ1v) is 7.20. The van der Waals surface area contributed by atoms with E-state index in [9.17, 15) is 4.79 Å². The zero-order chi connectivity index (χ0) is 13.2. The van der Waals surface area contributed by atoms with E-state index in [1.54, 1.807) is 5.51 Å². The minimum absolute atomic E-state index is 0.0520. The van der Waals surface area contributed by atoms with E-state index >= 15 is 0 Å². The molecule has 4 nitrogen and oxygen atoms in total. The SMILES string of the molecule is Cc1ncsc1C(=O)N1CCCNc2ccccc21. The molecule has 1 amide bonds. The molecule has 0 radical (unpaired) electrons. The second-order valence-corrected chi connectivity index (χ2v) is 5.38. The van der Waals surface area contributed by atoms with E-state index in [0.29, 0.717) is 0 Å². The van der Waals surface area contributed by atoms with Crippen molar-refractivity contribution >= 4 is 28.6 Å². The molecule has 0 fully saturated rings. The lowest BCUT2D eigenvalue weighted by molar-refractivity contribution is 0.0990. The minimum atomic E-state index is 0.0520. The lowest BCUT2D eigenvalue weighted by atomic mass is 10.2. The summed E-state index contributed by atoms with van der Waals surface area (Å²) in [5.74, 6) is 0.0520. The molecule has 1 aliphatic heterocycles. The van der Waals surface area contributed by atoms with Gasteiger partial charge in [-0.25, -0.2) is 4.98 Å². The summed E-state index contributed by atoms with van der Waals surface area (Å²) in [6.07, 6.45) is 0.943. The summed E-state index contributed by atoms with van der Waals surface area (Å²) >= 11 is 1.41. The van der Waals surface area contributed by atoms with Crippen LogP contribution in [0.4, 0.5) is 11.4 Å². The topological polar surface area (TPSA) is 45.2 Å². The van der Waals surface area contributed by atoms with Gasteiger partial charge in [0.1, 0.15) is 4.88 Å². The first kappa shape index (κ1) is 12.2. The number of hydrogen-bond acceptors (Lipinski definition) is 4. The van der Waals surface area contributed by atoms with E-state index in [0.717, 1.165) is 41.5 Å². The van der Waals surface area contributed by atoms with Crippen molar-refractivity contribution in [3.63, 3.8) is 0 Å². The molecule has 1 aromatic heterocycles. The van der Waals surface area contributed by atoms with E-state index in [1.165, 1.54) is 11.3 Å². The summed E-state index contributed by atoms with van der Waals surface area (Å²) in [6, 6.07) is 7.95. The molecule has 1 aliphatic rings. The van der Waals surface area contributed by atoms with E-state index in [4.69, 9.17) is 0 Å². The van der Waals surface area contributed by atoms with E-state index < -0.39 is 0 Å². The molecule has 2 heterocycles. The number of para-hydroxylation sites is 2. The van der Waals surface area contributed by atoms with Gasteiger partial charge in [-0.2, -0.15) is 0 Å². The Labute approximate surface area is 116 Å². The number of nitrogens with zero attached hydrogens (tertiary/aromatic N) is 2. The number of benzene rings is 1. The van der Waals surface area contributed by atoms with Gasteiger partial charge in [0.05, 0.1) is 22.6 Å². The standard InChI is InChI=1S/C14H15N3OS/c1-10-13(19-9-16-10)14(18)17-8-4-7-15-11-5-2-3-6-12(11)17/h2-3,5-6,9,15H,4,7-8H2,1H3. The van der Waals surface area contributed by atoms with Gasteiger partial charge in [-0.1, -0.05) is 12.1 Å². The highest BCUT2D eigenvalue weighted by molar-refractivity contribution is 7.12. The maximum Gasteiger partial charge on any atom is 0.270 e. The summed E-state index contributed by atoms with van der Waals surface area (Å²) in [6.45, 7) is 3.51. The minimum Gasteiger partial charge on any atom is -0.383 e. The maximum absolute atomic E-state index is 12.7. The highest BCUT2D eigenvalue weighted by Crippen LogP contribution is 2.30. The molecule has 1 aromatic carbocycles. The zero-order valence-corrected chi connectivity index (χ0v) is 11.5. The summed E-state index contributed by atoms with van der Waals surface area (Å²) in [7, 11) is 0. The number of hydrogen-bond donors (Lipinski definition) is 1. The van der Waals surface area contributed by atoms with Crippen molar-refractivity contribution in [1.29, 1.82) is 0 Å². The number of carbonyl (C=O) groups excluding carboxylic acids is 1. The van der Waals surface area contributed by atoms with Gasteiger partial charge in [0.2, 0.25) is 0 Å². The second kappa shape index (κ2) is 5.01. The van der Waals surface area contributed by atoms with E-state index in [-0.39, 0.29) is 5.91 Å². The lowest BCUT2D eigenvalue weighted by Gasteiger charge is -2.21. The molecule has 0 spiro atoms. The van der Waals surface area contributed by atoms with Crippen molar-refractivity contribution in [3.05, 3.63) is 40.3 Å². The molecule has 0 aliphatic carbocycles. The molecule has 19 heavy (non-hydrogen) atoms. The Morgan fingerprint density at radius 2 is 2.26 bits per heavy atom. The van der Waals surface area contributed by atoms with Crippen LogP contribution in [0.3, 0.4) is 0 Å². The average Bonchev–Trinajstić information content (AvgIpc) is 2.74. The van der Waals surface area contributed by atoms with Gasteiger partial charge in [0.25, 0.3) is 5.91 Å². The molecule has 0 unspecified atom stereocenters. The van der Waals surface area contributed by atoms with Crippen LogP contribution in [-0.2, 0) is 0 Å². The molecular weight excluding hydrogens is 258 g/mol. The van der Waals surface area contributed by atoms with Crippen LogP contribution in [0, 0.1) is 6.92 Å². The largest absolute Gasteiger partial charge is 0.383 e. The van der Waals surface area contributed by atoms with Crippen LogP contribution in [-0.4, -0.2) is 24.0 Å². The van der Waals surface area contributed by atoms with Crippen LogP contribution in [0.25, 0.3) is 0 Å². The molecule has 2 aromatic rings. The summed E-state index contributed by atoms with van der Waals surface area (Å²) in [4.78, 5) is 19.4. The Morgan fingerprint density at radius 3 is 3.05 bits per heavy atom. The van der Waals surface area contributed by atoms with E-state index in [1.807, 2.05) is 36.1 Å². The number of carbonyl (C=O) groups is 1. The Bertz CT molecular complexity index is 608. The van der Waals surface area contributed by atoms with Gasteiger partial charge < -0.3 is 10.2 Å². The molecular formula is C14H15N3OS. The summed E-state index contributed by atoms with van der Waals surface area (Å²) in [5.41, 5.74) is 4.52. The smallest absolute Gasteiger partial charge is 0.270 e. The number of aromatic nitrogens is 1. The molecule has 3 rings (SSSR count). The van der Waals surface area contributed by atoms with E-state index in [2.05, 4.69) is 10.3 Å². The van der Waals surface area contributed by atoms with Crippen LogP contribution in [0.2, 0.25) is 0 Å². The van der Waals surface area contributed by atoms with Gasteiger partial charge in [0, 0.05) is 13.1 Å². The Balaban J connectivity index is 2.01. The fraction of sp³-hybridized carbons (Fsp3) is 0.286. The van der Waals surface area contributed by atoms with Crippen molar-refractivity contribution < 1.29 is 4.79 Å². The number of nitrogens with one attached hydrogen (secondary N) is 1. The van der Waals surface area contributed by atoms with Gasteiger partial charge in [0.15, 0.2) is 0 Å². The third-order valence-electron chi connectivity index (χ3n) is 3.25. The maximum atomic E-state index is 12.7. The second-order valence-electron chi connectivity index (χ2n) is 4.52. The monoisotopic (exact) mass is 273 g/mol. The van der Waals surface area contributed by atoms with Crippen LogP contribution in [0.1, 0.15) is 21.8 Å². The quantitative estimate of drug-likeness (QED) is 0.869. The number of amides is 1. The zero-order valence-electron chi connectivity index (χ0n) is 10.7. The van der Waals surface area contributed by atoms with Crippen molar-refractivity contribution in [2.75, 3.05) is 23.3 Å². The van der Waals surface area contributed by atoms with Gasteiger partial charge in [-0.15, -0.1) is 11.3 Å². The van der Waals surface area contributed by atoms with Crippen molar-refractivity contribution in [2.45, 2.75) is 13.3 Å². The molecule has 98 valence electrons. The molecule has 0 bridgehead atoms. The highest BCUT2D eigenvalue weighted by atomic mass is 32.1. The number of fused-ring (bicyclic) bond motifs is 1. The number of anilines is 2. The molecule has 5 heteroatoms. The lowest BCUT2D eigenvalue weighted by Crippen LogP contribution is -2.31. The fourth-order valence-electron chi connectivity index (χ4n) is 2.28. The fourth-order valence-corrected chi connectivity index (χ4v) is 3.03.